The monoisotopic (exact) mass is 498 g/mol. The van der Waals surface area contributed by atoms with E-state index in [0.717, 1.165) is 45.0 Å². The van der Waals surface area contributed by atoms with E-state index in [1.165, 1.54) is 16.0 Å². The minimum Gasteiger partial charge on any atom is -0.356 e. The first-order valence-corrected chi connectivity index (χ1v) is 9.95. The number of guanidine groups is 1. The second-order valence-corrected chi connectivity index (χ2v) is 7.45. The maximum absolute atomic E-state index is 11.7. The Balaban J connectivity index is 0.00000261. The summed E-state index contributed by atoms with van der Waals surface area (Å²) in [4.78, 5) is 19.3. The normalized spacial score (nSPS) is 14.2. The molecule has 0 atom stereocenters. The molecule has 0 saturated carbocycles. The van der Waals surface area contributed by atoms with Gasteiger partial charge in [0.15, 0.2) is 5.96 Å². The summed E-state index contributed by atoms with van der Waals surface area (Å²) in [7, 11) is 1.79. The first-order chi connectivity index (χ1) is 12.7. The molecule has 5 nitrogen and oxygen atoms in total. The van der Waals surface area contributed by atoms with Crippen LogP contribution in [0.25, 0.3) is 0 Å². The minimum atomic E-state index is 0. The Morgan fingerprint density at radius 3 is 2.59 bits per heavy atom. The number of halogens is 1. The van der Waals surface area contributed by atoms with Crippen LogP contribution >= 0.6 is 35.3 Å². The predicted molar refractivity (Wildman–Crippen MR) is 123 cm³/mol. The number of rotatable bonds is 7. The van der Waals surface area contributed by atoms with Crippen molar-refractivity contribution in [1.82, 2.24) is 15.5 Å². The highest BCUT2D eigenvalue weighted by Crippen LogP contribution is 2.14. The molecule has 2 N–H and O–H groups in total. The number of thiophene rings is 1. The Morgan fingerprint density at radius 1 is 1.19 bits per heavy atom. The molecule has 1 amide bonds. The van der Waals surface area contributed by atoms with Crippen molar-refractivity contribution in [1.29, 1.82) is 0 Å². The van der Waals surface area contributed by atoms with Gasteiger partial charge in [-0.05, 0) is 35.4 Å². The summed E-state index contributed by atoms with van der Waals surface area (Å²) in [6.45, 7) is 3.19. The lowest BCUT2D eigenvalue weighted by Gasteiger charge is -2.16. The summed E-state index contributed by atoms with van der Waals surface area (Å²) < 4.78 is 0. The standard InChI is InChI=1S/C20H26N4OS.HI/c1-21-20(22-11-10-18-4-3-13-26-18)23-14-16-6-8-17(9-7-16)15-24-12-2-5-19(24)25;/h3-4,6-9,13H,2,5,10-12,14-15H2,1H3,(H2,21,22,23);1H. The number of amides is 1. The van der Waals surface area contributed by atoms with Crippen LogP contribution in [0.15, 0.2) is 46.8 Å². The summed E-state index contributed by atoms with van der Waals surface area (Å²) in [6, 6.07) is 12.7. The highest BCUT2D eigenvalue weighted by molar-refractivity contribution is 14.0. The average molecular weight is 498 g/mol. The Kier molecular flexibility index (Phi) is 9.06. The van der Waals surface area contributed by atoms with Gasteiger partial charge in [-0.2, -0.15) is 0 Å². The molecule has 146 valence electrons. The fourth-order valence-corrected chi connectivity index (χ4v) is 3.73. The van der Waals surface area contributed by atoms with Crippen molar-refractivity contribution in [2.24, 2.45) is 4.99 Å². The Labute approximate surface area is 182 Å². The number of hydrogen-bond donors (Lipinski definition) is 2. The van der Waals surface area contributed by atoms with Gasteiger partial charge in [-0.3, -0.25) is 9.79 Å². The number of carbonyl (C=O) groups excluding carboxylic acids is 1. The fraction of sp³-hybridized carbons (Fsp3) is 0.400. The third-order valence-corrected chi connectivity index (χ3v) is 5.43. The molecule has 1 fully saturated rings. The molecular formula is C20H27IN4OS. The minimum absolute atomic E-state index is 0. The number of likely N-dealkylation sites (tertiary alicyclic amines) is 1. The molecule has 1 aromatic carbocycles. The number of nitrogens with zero attached hydrogens (tertiary/aromatic N) is 2. The zero-order chi connectivity index (χ0) is 18.2. The maximum Gasteiger partial charge on any atom is 0.222 e. The molecule has 7 heteroatoms. The number of benzene rings is 1. The van der Waals surface area contributed by atoms with Crippen LogP contribution < -0.4 is 10.6 Å². The Bertz CT molecular complexity index is 731. The molecule has 1 aliphatic rings. The maximum atomic E-state index is 11.7. The quantitative estimate of drug-likeness (QED) is 0.350. The molecule has 0 spiro atoms. The van der Waals surface area contributed by atoms with Gasteiger partial charge in [0.05, 0.1) is 0 Å². The zero-order valence-corrected chi connectivity index (χ0v) is 18.8. The summed E-state index contributed by atoms with van der Waals surface area (Å²) in [5.41, 5.74) is 2.38. The van der Waals surface area contributed by atoms with E-state index in [2.05, 4.69) is 57.4 Å². The van der Waals surface area contributed by atoms with Gasteiger partial charge in [-0.25, -0.2) is 0 Å². The number of nitrogens with one attached hydrogen (secondary N) is 2. The number of carbonyl (C=O) groups is 1. The summed E-state index contributed by atoms with van der Waals surface area (Å²) in [5.74, 6) is 1.08. The van der Waals surface area contributed by atoms with Gasteiger partial charge < -0.3 is 15.5 Å². The smallest absolute Gasteiger partial charge is 0.222 e. The van der Waals surface area contributed by atoms with Gasteiger partial charge in [-0.1, -0.05) is 30.3 Å². The average Bonchev–Trinajstić information content (AvgIpc) is 3.31. The molecule has 1 saturated heterocycles. The van der Waals surface area contributed by atoms with Gasteiger partial charge >= 0.3 is 0 Å². The fourth-order valence-electron chi connectivity index (χ4n) is 3.02. The highest BCUT2D eigenvalue weighted by Gasteiger charge is 2.19. The third-order valence-electron chi connectivity index (χ3n) is 4.50. The Hall–Kier alpha value is -1.61. The van der Waals surface area contributed by atoms with Gasteiger partial charge in [0.25, 0.3) is 0 Å². The van der Waals surface area contributed by atoms with Crippen LogP contribution in [0, 0.1) is 0 Å². The van der Waals surface area contributed by atoms with Crippen LogP contribution in [0.5, 0.6) is 0 Å². The highest BCUT2D eigenvalue weighted by atomic mass is 127. The molecule has 1 aliphatic heterocycles. The van der Waals surface area contributed by atoms with Gasteiger partial charge in [-0.15, -0.1) is 35.3 Å². The van der Waals surface area contributed by atoms with Crippen molar-refractivity contribution in [3.8, 4) is 0 Å². The zero-order valence-electron chi connectivity index (χ0n) is 15.6. The van der Waals surface area contributed by atoms with Crippen molar-refractivity contribution >= 4 is 47.2 Å². The van der Waals surface area contributed by atoms with E-state index in [-0.39, 0.29) is 29.9 Å². The van der Waals surface area contributed by atoms with Crippen molar-refractivity contribution in [2.75, 3.05) is 20.1 Å². The lowest BCUT2D eigenvalue weighted by molar-refractivity contribution is -0.128. The van der Waals surface area contributed by atoms with Gasteiger partial charge in [0.1, 0.15) is 0 Å². The van der Waals surface area contributed by atoms with Crippen LogP contribution in [-0.4, -0.2) is 36.9 Å². The summed E-state index contributed by atoms with van der Waals surface area (Å²) in [6.07, 6.45) is 2.68. The van der Waals surface area contributed by atoms with Gasteiger partial charge in [0.2, 0.25) is 5.91 Å². The molecule has 27 heavy (non-hydrogen) atoms. The van der Waals surface area contributed by atoms with Crippen molar-refractivity contribution in [3.63, 3.8) is 0 Å². The van der Waals surface area contributed by atoms with E-state index in [4.69, 9.17) is 0 Å². The molecule has 3 rings (SSSR count). The van der Waals surface area contributed by atoms with Crippen molar-refractivity contribution in [3.05, 3.63) is 57.8 Å². The predicted octanol–water partition coefficient (Wildman–Crippen LogP) is 3.40. The van der Waals surface area contributed by atoms with Crippen LogP contribution in [0.1, 0.15) is 28.8 Å². The topological polar surface area (TPSA) is 56.7 Å². The molecule has 1 aromatic heterocycles. The second kappa shape index (κ2) is 11.3. The first-order valence-electron chi connectivity index (χ1n) is 9.07. The molecule has 2 heterocycles. The third kappa shape index (κ3) is 6.80. The molecule has 0 aliphatic carbocycles. The van der Waals surface area contributed by atoms with Gasteiger partial charge in [0, 0.05) is 44.5 Å². The number of aliphatic imine (C=N–C) groups is 1. The lowest BCUT2D eigenvalue weighted by Crippen LogP contribution is -2.37. The van der Waals surface area contributed by atoms with E-state index in [1.54, 1.807) is 18.4 Å². The van der Waals surface area contributed by atoms with E-state index in [1.807, 2.05) is 4.90 Å². The van der Waals surface area contributed by atoms with Crippen LogP contribution in [0.4, 0.5) is 0 Å². The molecule has 0 unspecified atom stereocenters. The van der Waals surface area contributed by atoms with Crippen molar-refractivity contribution < 1.29 is 4.79 Å². The molecule has 0 radical (unpaired) electrons. The largest absolute Gasteiger partial charge is 0.356 e. The summed E-state index contributed by atoms with van der Waals surface area (Å²) >= 11 is 1.78. The van der Waals surface area contributed by atoms with Crippen LogP contribution in [0.3, 0.4) is 0 Å². The van der Waals surface area contributed by atoms with Crippen molar-refractivity contribution in [2.45, 2.75) is 32.4 Å². The van der Waals surface area contributed by atoms with E-state index in [0.29, 0.717) is 6.42 Å². The second-order valence-electron chi connectivity index (χ2n) is 6.42. The molecular weight excluding hydrogens is 471 g/mol. The Morgan fingerprint density at radius 2 is 1.96 bits per heavy atom. The van der Waals surface area contributed by atoms with E-state index >= 15 is 0 Å². The number of hydrogen-bond acceptors (Lipinski definition) is 3. The van der Waals surface area contributed by atoms with E-state index in [9.17, 15) is 4.79 Å². The lowest BCUT2D eigenvalue weighted by atomic mass is 10.1. The SMILES string of the molecule is CN=C(NCCc1cccs1)NCc1ccc(CN2CCCC2=O)cc1.I. The first kappa shape index (κ1) is 21.7. The molecule has 2 aromatic rings. The van der Waals surface area contributed by atoms with Crippen LogP contribution in [0.2, 0.25) is 0 Å². The molecule has 0 bridgehead atoms. The summed E-state index contributed by atoms with van der Waals surface area (Å²) in [5, 5.41) is 8.79. The van der Waals surface area contributed by atoms with E-state index < -0.39 is 0 Å². The van der Waals surface area contributed by atoms with Crippen LogP contribution in [-0.2, 0) is 24.3 Å².